The van der Waals surface area contributed by atoms with E-state index in [1.165, 1.54) is 4.68 Å². The smallest absolute Gasteiger partial charge is 0.323 e. The Balaban J connectivity index is 1.60. The Morgan fingerprint density at radius 3 is 2.05 bits per heavy atom. The molecule has 0 unspecified atom stereocenters. The Bertz CT molecular complexity index is 1440. The molecule has 0 amide bonds. The van der Waals surface area contributed by atoms with Crippen LogP contribution in [0.25, 0.3) is 11.3 Å². The average molecular weight is 529 g/mol. The minimum atomic E-state index is -4.95. The molecular weight excluding hydrogens is 508 g/mol. The van der Waals surface area contributed by atoms with Gasteiger partial charge in [0.2, 0.25) is 0 Å². The van der Waals surface area contributed by atoms with Crippen LogP contribution in [-0.2, 0) is 18.9 Å². The summed E-state index contributed by atoms with van der Waals surface area (Å²) in [6, 6.07) is 18.2. The molecule has 0 atom stereocenters. The summed E-state index contributed by atoms with van der Waals surface area (Å²) in [6.45, 7) is 2.69. The summed E-state index contributed by atoms with van der Waals surface area (Å²) in [6.07, 6.45) is -9.89. The van der Waals surface area contributed by atoms with Crippen LogP contribution in [0.5, 0.6) is 0 Å². The van der Waals surface area contributed by atoms with Crippen LogP contribution in [0.4, 0.5) is 32.0 Å². The lowest BCUT2D eigenvalue weighted by Gasteiger charge is -2.20. The van der Waals surface area contributed by atoms with Crippen LogP contribution in [0, 0.1) is 6.92 Å². The number of nitrogens with zero attached hydrogens (tertiary/aromatic N) is 5. The van der Waals surface area contributed by atoms with E-state index in [-0.39, 0.29) is 18.2 Å². The predicted molar refractivity (Wildman–Crippen MR) is 131 cm³/mol. The fraction of sp³-hybridized carbons (Fsp3) is 0.222. The molecule has 0 spiro atoms. The highest BCUT2D eigenvalue weighted by atomic mass is 19.4. The third kappa shape index (κ3) is 5.13. The zero-order valence-corrected chi connectivity index (χ0v) is 20.1. The van der Waals surface area contributed by atoms with E-state index in [1.54, 1.807) is 30.3 Å². The second kappa shape index (κ2) is 9.62. The zero-order chi connectivity index (χ0) is 27.1. The van der Waals surface area contributed by atoms with Crippen molar-refractivity contribution in [2.75, 3.05) is 18.0 Å². The molecule has 1 aliphatic heterocycles. The van der Waals surface area contributed by atoms with Gasteiger partial charge in [0.25, 0.3) is 0 Å². The number of hydrogen-bond acceptors (Lipinski definition) is 4. The van der Waals surface area contributed by atoms with Gasteiger partial charge in [-0.1, -0.05) is 53.2 Å². The summed E-state index contributed by atoms with van der Waals surface area (Å²) in [7, 11) is 0. The number of halogens is 6. The Kier molecular flexibility index (Phi) is 6.46. The van der Waals surface area contributed by atoms with Gasteiger partial charge in [-0.25, -0.2) is 4.68 Å². The molecule has 0 radical (unpaired) electrons. The van der Waals surface area contributed by atoms with Gasteiger partial charge in [0.05, 0.1) is 24.2 Å². The Labute approximate surface area is 214 Å². The molecule has 5 rings (SSSR count). The highest BCUT2D eigenvalue weighted by Crippen LogP contribution is 2.37. The number of anilines is 1. The fourth-order valence-corrected chi connectivity index (χ4v) is 4.37. The molecule has 0 fully saturated rings. The molecule has 5 nitrogen and oxygen atoms in total. The van der Waals surface area contributed by atoms with Crippen LogP contribution >= 0.6 is 0 Å². The summed E-state index contributed by atoms with van der Waals surface area (Å²) in [4.78, 5) is 6.58. The first kappa shape index (κ1) is 25.5. The van der Waals surface area contributed by atoms with Gasteiger partial charge in [0.15, 0.2) is 11.5 Å². The lowest BCUT2D eigenvalue weighted by Crippen LogP contribution is -2.29. The van der Waals surface area contributed by atoms with Gasteiger partial charge in [-0.2, -0.15) is 26.3 Å². The minimum Gasteiger partial charge on any atom is -0.323 e. The maximum atomic E-state index is 13.4. The van der Waals surface area contributed by atoms with Gasteiger partial charge in [0, 0.05) is 17.8 Å². The lowest BCUT2D eigenvalue weighted by atomic mass is 10.0. The molecule has 0 N–H and O–H groups in total. The van der Waals surface area contributed by atoms with Crippen LogP contribution < -0.4 is 4.90 Å². The molecule has 0 bridgehead atoms. The van der Waals surface area contributed by atoms with Crippen molar-refractivity contribution in [2.24, 2.45) is 4.99 Å². The highest BCUT2D eigenvalue weighted by molar-refractivity contribution is 6.12. The van der Waals surface area contributed by atoms with Gasteiger partial charge in [-0.05, 0) is 42.8 Å². The van der Waals surface area contributed by atoms with Crippen molar-refractivity contribution in [1.29, 1.82) is 0 Å². The number of aliphatic imine (C=N–C) groups is 1. The molecule has 38 heavy (non-hydrogen) atoms. The molecule has 1 aliphatic rings. The summed E-state index contributed by atoms with van der Waals surface area (Å²) in [5, 5.41) is 8.46. The lowest BCUT2D eigenvalue weighted by molar-refractivity contribution is -0.143. The van der Waals surface area contributed by atoms with E-state index in [9.17, 15) is 26.3 Å². The SMILES string of the molecule is Cc1ccc(N2CCN=C2c2nnn(Cc3cc(C(F)(F)F)cc(C(F)(F)F)c3)c2-c2ccccc2)cc1. The van der Waals surface area contributed by atoms with Crippen LogP contribution in [0.2, 0.25) is 0 Å². The monoisotopic (exact) mass is 529 g/mol. The number of alkyl halides is 6. The van der Waals surface area contributed by atoms with Crippen molar-refractivity contribution in [2.45, 2.75) is 25.8 Å². The quantitative estimate of drug-likeness (QED) is 0.274. The zero-order valence-electron chi connectivity index (χ0n) is 20.1. The van der Waals surface area contributed by atoms with Crippen molar-refractivity contribution in [3.8, 4) is 11.3 Å². The average Bonchev–Trinajstić information content (AvgIpc) is 3.51. The van der Waals surface area contributed by atoms with E-state index < -0.39 is 23.5 Å². The van der Waals surface area contributed by atoms with Gasteiger partial charge in [-0.15, -0.1) is 5.10 Å². The first-order valence-electron chi connectivity index (χ1n) is 11.7. The maximum Gasteiger partial charge on any atom is 0.416 e. The second-order valence-corrected chi connectivity index (χ2v) is 8.92. The van der Waals surface area contributed by atoms with Gasteiger partial charge in [-0.3, -0.25) is 4.99 Å². The van der Waals surface area contributed by atoms with E-state index in [4.69, 9.17) is 0 Å². The van der Waals surface area contributed by atoms with Gasteiger partial charge < -0.3 is 4.90 Å². The van der Waals surface area contributed by atoms with Crippen LogP contribution in [0.3, 0.4) is 0 Å². The molecule has 0 saturated heterocycles. The number of aryl methyl sites for hydroxylation is 1. The second-order valence-electron chi connectivity index (χ2n) is 8.92. The number of benzene rings is 3. The number of hydrogen-bond donors (Lipinski definition) is 0. The summed E-state index contributed by atoms with van der Waals surface area (Å²) in [5.74, 6) is 0.527. The molecule has 2 heterocycles. The van der Waals surface area contributed by atoms with E-state index in [0.717, 1.165) is 11.3 Å². The standard InChI is InChI=1S/C27H21F6N5/c1-17-7-9-22(10-8-17)37-12-11-34-25(37)23-24(19-5-3-2-4-6-19)38(36-35-23)16-18-13-20(26(28,29)30)15-21(14-18)27(31,32)33/h2-10,13-15H,11-12,16H2,1H3. The van der Waals surface area contributed by atoms with Crippen LogP contribution in [0.1, 0.15) is 27.9 Å². The van der Waals surface area contributed by atoms with Gasteiger partial charge in [0.1, 0.15) is 5.69 Å². The van der Waals surface area contributed by atoms with Gasteiger partial charge >= 0.3 is 12.4 Å². The van der Waals surface area contributed by atoms with E-state index >= 15 is 0 Å². The van der Waals surface area contributed by atoms with Crippen molar-refractivity contribution in [3.05, 3.63) is 101 Å². The molecule has 196 valence electrons. The predicted octanol–water partition coefficient (Wildman–Crippen LogP) is 6.61. The molecule has 3 aromatic carbocycles. The minimum absolute atomic E-state index is 0.112. The molecule has 0 aliphatic carbocycles. The van der Waals surface area contributed by atoms with E-state index in [1.807, 2.05) is 36.1 Å². The third-order valence-corrected chi connectivity index (χ3v) is 6.16. The first-order valence-corrected chi connectivity index (χ1v) is 11.7. The summed E-state index contributed by atoms with van der Waals surface area (Å²) < 4.78 is 81.9. The Hall–Kier alpha value is -4.15. The topological polar surface area (TPSA) is 46.3 Å². The van der Waals surface area contributed by atoms with Crippen molar-refractivity contribution < 1.29 is 26.3 Å². The Morgan fingerprint density at radius 1 is 0.816 bits per heavy atom. The molecule has 4 aromatic rings. The fourth-order valence-electron chi connectivity index (χ4n) is 4.37. The molecular formula is C27H21F6N5. The first-order chi connectivity index (χ1) is 18.0. The molecule has 11 heteroatoms. The normalized spacial score (nSPS) is 14.2. The molecule has 0 saturated carbocycles. The number of rotatable bonds is 5. The largest absolute Gasteiger partial charge is 0.416 e. The highest BCUT2D eigenvalue weighted by Gasteiger charge is 2.37. The number of amidine groups is 1. The van der Waals surface area contributed by atoms with Crippen molar-refractivity contribution >= 4 is 11.5 Å². The van der Waals surface area contributed by atoms with Crippen molar-refractivity contribution in [3.63, 3.8) is 0 Å². The Morgan fingerprint density at radius 2 is 1.45 bits per heavy atom. The van der Waals surface area contributed by atoms with Crippen LogP contribution in [0.15, 0.2) is 77.8 Å². The number of aromatic nitrogens is 3. The maximum absolute atomic E-state index is 13.4. The van der Waals surface area contributed by atoms with E-state index in [0.29, 0.717) is 48.0 Å². The van der Waals surface area contributed by atoms with E-state index in [2.05, 4.69) is 15.3 Å². The van der Waals surface area contributed by atoms with Crippen molar-refractivity contribution in [1.82, 2.24) is 15.0 Å². The molecule has 1 aromatic heterocycles. The third-order valence-electron chi connectivity index (χ3n) is 6.16. The van der Waals surface area contributed by atoms with Crippen LogP contribution in [-0.4, -0.2) is 33.9 Å². The summed E-state index contributed by atoms with van der Waals surface area (Å²) in [5.41, 5.74) is 0.476. The summed E-state index contributed by atoms with van der Waals surface area (Å²) >= 11 is 0.